The van der Waals surface area contributed by atoms with E-state index in [2.05, 4.69) is 12.1 Å². The van der Waals surface area contributed by atoms with Gasteiger partial charge >= 0.3 is 0 Å². The van der Waals surface area contributed by atoms with Crippen LogP contribution >= 0.6 is 0 Å². The van der Waals surface area contributed by atoms with Gasteiger partial charge in [0.2, 0.25) is 5.91 Å². The van der Waals surface area contributed by atoms with E-state index in [1.807, 2.05) is 20.0 Å². The molecule has 4 nitrogen and oxygen atoms in total. The highest BCUT2D eigenvalue weighted by atomic mass is 19.1. The Bertz CT molecular complexity index is 586. The summed E-state index contributed by atoms with van der Waals surface area (Å²) in [4.78, 5) is 19.2. The van der Waals surface area contributed by atoms with Crippen LogP contribution in [0.1, 0.15) is 50.2 Å². The lowest BCUT2D eigenvalue weighted by Crippen LogP contribution is -2.30. The van der Waals surface area contributed by atoms with E-state index in [4.69, 9.17) is 4.84 Å². The first-order valence-electron chi connectivity index (χ1n) is 8.24. The third-order valence-corrected chi connectivity index (χ3v) is 4.09. The highest BCUT2D eigenvalue weighted by molar-refractivity contribution is 6.01. The molecule has 0 radical (unpaired) electrons. The van der Waals surface area contributed by atoms with Crippen LogP contribution in [0.3, 0.4) is 0 Å². The van der Waals surface area contributed by atoms with Crippen LogP contribution in [0, 0.1) is 12.7 Å². The van der Waals surface area contributed by atoms with Crippen LogP contribution in [-0.2, 0) is 9.63 Å². The summed E-state index contributed by atoms with van der Waals surface area (Å²) in [5.74, 6) is -0.247. The number of aryl methyl sites for hydroxylation is 1. The Labute approximate surface area is 137 Å². The summed E-state index contributed by atoms with van der Waals surface area (Å²) in [5, 5.41) is 3.97. The molecule has 1 heterocycles. The number of carbonyl (C=O) groups is 1. The second-order valence-corrected chi connectivity index (χ2v) is 6.18. The quantitative estimate of drug-likeness (QED) is 0.719. The first-order chi connectivity index (χ1) is 11.0. The summed E-state index contributed by atoms with van der Waals surface area (Å²) in [6.07, 6.45) is 3.72. The van der Waals surface area contributed by atoms with E-state index in [0.29, 0.717) is 17.7 Å². The molecule has 1 unspecified atom stereocenters. The van der Waals surface area contributed by atoms with Gasteiger partial charge in [0.1, 0.15) is 11.9 Å². The fourth-order valence-electron chi connectivity index (χ4n) is 2.63. The van der Waals surface area contributed by atoms with Gasteiger partial charge in [0.15, 0.2) is 0 Å². The number of halogens is 1. The minimum atomic E-state index is -0.299. The maximum absolute atomic E-state index is 14.0. The van der Waals surface area contributed by atoms with Gasteiger partial charge in [0.05, 0.1) is 12.1 Å². The molecule has 5 heteroatoms. The molecule has 1 atom stereocenters. The molecule has 0 saturated heterocycles. The van der Waals surface area contributed by atoms with E-state index >= 15 is 0 Å². The normalized spacial score (nSPS) is 16.9. The summed E-state index contributed by atoms with van der Waals surface area (Å²) in [7, 11) is 1.81. The van der Waals surface area contributed by atoms with Crippen molar-refractivity contribution in [1.29, 1.82) is 0 Å². The average Bonchev–Trinajstić information content (AvgIpc) is 2.95. The van der Waals surface area contributed by atoms with Gasteiger partial charge in [-0.25, -0.2) is 4.39 Å². The number of rotatable bonds is 7. The third-order valence-electron chi connectivity index (χ3n) is 4.09. The molecule has 0 spiro atoms. The van der Waals surface area contributed by atoms with Crippen molar-refractivity contribution in [3.63, 3.8) is 0 Å². The van der Waals surface area contributed by atoms with Gasteiger partial charge in [-0.1, -0.05) is 31.0 Å². The Hall–Kier alpha value is -1.91. The lowest BCUT2D eigenvalue weighted by molar-refractivity contribution is -0.132. The first-order valence-corrected chi connectivity index (χ1v) is 8.24. The summed E-state index contributed by atoms with van der Waals surface area (Å²) >= 11 is 0. The van der Waals surface area contributed by atoms with Crippen molar-refractivity contribution < 1.29 is 14.0 Å². The smallest absolute Gasteiger partial charge is 0.226 e. The number of unbranched alkanes of at least 4 members (excludes halogenated alkanes) is 2. The number of oxime groups is 1. The number of benzene rings is 1. The summed E-state index contributed by atoms with van der Waals surface area (Å²) in [6, 6.07) is 5.05. The fraction of sp³-hybridized carbons (Fsp3) is 0.556. The van der Waals surface area contributed by atoms with Crippen molar-refractivity contribution in [3.8, 4) is 0 Å². The predicted octanol–water partition coefficient (Wildman–Crippen LogP) is 3.67. The van der Waals surface area contributed by atoms with Crippen molar-refractivity contribution >= 4 is 11.6 Å². The zero-order chi connectivity index (χ0) is 16.8. The van der Waals surface area contributed by atoms with Crippen molar-refractivity contribution in [2.24, 2.45) is 5.16 Å². The maximum Gasteiger partial charge on any atom is 0.226 e. The molecule has 0 fully saturated rings. The van der Waals surface area contributed by atoms with E-state index < -0.39 is 0 Å². The highest BCUT2D eigenvalue weighted by Crippen LogP contribution is 2.22. The van der Waals surface area contributed by atoms with Crippen LogP contribution in [-0.4, -0.2) is 36.2 Å². The number of amides is 1. The SMILES string of the molecule is CCCCCN(C)C(=O)CC1CC(c2ccc(C)cc2F)=NO1. The summed E-state index contributed by atoms with van der Waals surface area (Å²) < 4.78 is 14.0. The third kappa shape index (κ3) is 4.78. The maximum atomic E-state index is 14.0. The van der Waals surface area contributed by atoms with Crippen molar-refractivity contribution in [3.05, 3.63) is 35.1 Å². The molecule has 0 aliphatic carbocycles. The topological polar surface area (TPSA) is 41.9 Å². The van der Waals surface area contributed by atoms with Gasteiger partial charge in [-0.05, 0) is 31.0 Å². The molecule has 1 aliphatic rings. The molecule has 0 bridgehead atoms. The largest absolute Gasteiger partial charge is 0.391 e. The molecule has 2 rings (SSSR count). The van der Waals surface area contributed by atoms with Crippen molar-refractivity contribution in [2.75, 3.05) is 13.6 Å². The first kappa shape index (κ1) is 17.4. The molecular weight excluding hydrogens is 295 g/mol. The van der Waals surface area contributed by atoms with Crippen LogP contribution in [0.15, 0.2) is 23.4 Å². The average molecular weight is 320 g/mol. The number of nitrogens with zero attached hydrogens (tertiary/aromatic N) is 2. The Morgan fingerprint density at radius 3 is 2.91 bits per heavy atom. The Balaban J connectivity index is 1.86. The van der Waals surface area contributed by atoms with Gasteiger partial charge in [-0.15, -0.1) is 0 Å². The van der Waals surface area contributed by atoms with E-state index in [-0.39, 0.29) is 24.2 Å². The zero-order valence-electron chi connectivity index (χ0n) is 14.1. The van der Waals surface area contributed by atoms with Crippen molar-refractivity contribution in [1.82, 2.24) is 4.90 Å². The summed E-state index contributed by atoms with van der Waals surface area (Å²) in [6.45, 7) is 4.74. The molecule has 126 valence electrons. The van der Waals surface area contributed by atoms with Gasteiger partial charge in [0.25, 0.3) is 0 Å². The molecule has 1 aliphatic heterocycles. The van der Waals surface area contributed by atoms with Crippen LogP contribution < -0.4 is 0 Å². The van der Waals surface area contributed by atoms with Gasteiger partial charge in [-0.2, -0.15) is 0 Å². The predicted molar refractivity (Wildman–Crippen MR) is 88.9 cm³/mol. The summed E-state index contributed by atoms with van der Waals surface area (Å²) in [5.41, 5.74) is 1.90. The number of carbonyl (C=O) groups excluding carboxylic acids is 1. The molecule has 1 aromatic carbocycles. The minimum absolute atomic E-state index is 0.0481. The van der Waals surface area contributed by atoms with E-state index in [1.165, 1.54) is 6.07 Å². The molecule has 1 aromatic rings. The fourth-order valence-corrected chi connectivity index (χ4v) is 2.63. The zero-order valence-corrected chi connectivity index (χ0v) is 14.1. The lowest BCUT2D eigenvalue weighted by Gasteiger charge is -2.18. The number of hydrogen-bond acceptors (Lipinski definition) is 3. The second kappa shape index (κ2) is 8.09. The number of hydrogen-bond donors (Lipinski definition) is 0. The molecule has 0 N–H and O–H groups in total. The van der Waals surface area contributed by atoms with Gasteiger partial charge < -0.3 is 9.74 Å². The standard InChI is InChI=1S/C18H25FN2O2/c1-4-5-6-9-21(3)18(22)12-14-11-17(20-23-14)15-8-7-13(2)10-16(15)19/h7-8,10,14H,4-6,9,11-12H2,1-3H3. The minimum Gasteiger partial charge on any atom is -0.391 e. The molecule has 0 aromatic heterocycles. The second-order valence-electron chi connectivity index (χ2n) is 6.18. The van der Waals surface area contributed by atoms with Gasteiger partial charge in [-0.3, -0.25) is 4.79 Å². The Morgan fingerprint density at radius 1 is 1.43 bits per heavy atom. The van der Waals surface area contributed by atoms with Crippen LogP contribution in [0.25, 0.3) is 0 Å². The molecule has 1 amide bonds. The van der Waals surface area contributed by atoms with Crippen molar-refractivity contribution in [2.45, 2.75) is 52.1 Å². The van der Waals surface area contributed by atoms with E-state index in [9.17, 15) is 9.18 Å². The highest BCUT2D eigenvalue weighted by Gasteiger charge is 2.27. The van der Waals surface area contributed by atoms with Crippen LogP contribution in [0.4, 0.5) is 4.39 Å². The Morgan fingerprint density at radius 2 is 2.22 bits per heavy atom. The lowest BCUT2D eigenvalue weighted by atomic mass is 10.0. The monoisotopic (exact) mass is 320 g/mol. The molecule has 23 heavy (non-hydrogen) atoms. The molecular formula is C18H25FN2O2. The van der Waals surface area contributed by atoms with Gasteiger partial charge in [0, 0.05) is 25.6 Å². The van der Waals surface area contributed by atoms with Crippen LogP contribution in [0.2, 0.25) is 0 Å². The molecule has 0 saturated carbocycles. The Kier molecular flexibility index (Phi) is 6.13. The van der Waals surface area contributed by atoms with Crippen LogP contribution in [0.5, 0.6) is 0 Å². The van der Waals surface area contributed by atoms with E-state index in [0.717, 1.165) is 31.4 Å². The van der Waals surface area contributed by atoms with E-state index in [1.54, 1.807) is 11.0 Å².